The second-order valence-corrected chi connectivity index (χ2v) is 4.87. The lowest BCUT2D eigenvalue weighted by Crippen LogP contribution is -2.41. The summed E-state index contributed by atoms with van der Waals surface area (Å²) in [4.78, 5) is 11.4. The van der Waals surface area contributed by atoms with Crippen molar-refractivity contribution in [2.75, 3.05) is 13.1 Å². The first-order valence-corrected chi connectivity index (χ1v) is 6.08. The molecule has 0 aromatic rings. The molecule has 2 atom stereocenters. The molecule has 0 radical (unpaired) electrons. The standard InChI is InChI=1S/C13H26N2O/c1-6-7-11(4)12(5)14-9-13(16)15-8-10(2)3/h6,10-12,14H,1,7-9H2,2-5H3,(H,15,16). The van der Waals surface area contributed by atoms with Crippen LogP contribution >= 0.6 is 0 Å². The first-order valence-electron chi connectivity index (χ1n) is 6.08. The minimum atomic E-state index is 0.0753. The van der Waals surface area contributed by atoms with Crippen LogP contribution in [0.3, 0.4) is 0 Å². The van der Waals surface area contributed by atoms with Gasteiger partial charge in [0.2, 0.25) is 5.91 Å². The average molecular weight is 226 g/mol. The maximum atomic E-state index is 11.4. The fourth-order valence-corrected chi connectivity index (χ4v) is 1.30. The molecule has 0 heterocycles. The normalized spacial score (nSPS) is 14.6. The Hall–Kier alpha value is -0.830. The van der Waals surface area contributed by atoms with Crippen LogP contribution in [0.15, 0.2) is 12.7 Å². The molecule has 2 N–H and O–H groups in total. The Morgan fingerprint density at radius 1 is 1.31 bits per heavy atom. The Morgan fingerprint density at radius 3 is 2.44 bits per heavy atom. The number of allylic oxidation sites excluding steroid dienone is 1. The SMILES string of the molecule is C=CCC(C)C(C)NCC(=O)NCC(C)C. The topological polar surface area (TPSA) is 41.1 Å². The van der Waals surface area contributed by atoms with Crippen molar-refractivity contribution in [2.45, 2.75) is 40.2 Å². The highest BCUT2D eigenvalue weighted by molar-refractivity contribution is 5.77. The molecule has 0 spiro atoms. The van der Waals surface area contributed by atoms with Gasteiger partial charge >= 0.3 is 0 Å². The zero-order valence-electron chi connectivity index (χ0n) is 11.0. The summed E-state index contributed by atoms with van der Waals surface area (Å²) in [5.74, 6) is 1.09. The van der Waals surface area contributed by atoms with Crippen molar-refractivity contribution in [3.8, 4) is 0 Å². The van der Waals surface area contributed by atoms with Crippen molar-refractivity contribution >= 4 is 5.91 Å². The number of carbonyl (C=O) groups is 1. The molecule has 3 nitrogen and oxygen atoms in total. The number of rotatable bonds is 8. The molecule has 16 heavy (non-hydrogen) atoms. The summed E-state index contributed by atoms with van der Waals surface area (Å²) in [6.45, 7) is 13.3. The van der Waals surface area contributed by atoms with Gasteiger partial charge in [-0.15, -0.1) is 6.58 Å². The zero-order valence-corrected chi connectivity index (χ0v) is 11.0. The van der Waals surface area contributed by atoms with E-state index in [0.717, 1.165) is 13.0 Å². The van der Waals surface area contributed by atoms with E-state index in [1.54, 1.807) is 0 Å². The lowest BCUT2D eigenvalue weighted by molar-refractivity contribution is -0.120. The summed E-state index contributed by atoms with van der Waals surface area (Å²) in [6, 6.07) is 0.336. The molecule has 0 aliphatic rings. The van der Waals surface area contributed by atoms with Crippen molar-refractivity contribution in [3.05, 3.63) is 12.7 Å². The molecule has 0 aliphatic heterocycles. The van der Waals surface area contributed by atoms with Crippen LogP contribution in [-0.2, 0) is 4.79 Å². The fourth-order valence-electron chi connectivity index (χ4n) is 1.30. The van der Waals surface area contributed by atoms with E-state index < -0.39 is 0 Å². The zero-order chi connectivity index (χ0) is 12.6. The van der Waals surface area contributed by atoms with Crippen LogP contribution in [-0.4, -0.2) is 25.0 Å². The summed E-state index contributed by atoms with van der Waals surface area (Å²) in [6.07, 6.45) is 2.89. The molecule has 0 rings (SSSR count). The first kappa shape index (κ1) is 15.2. The molecule has 0 saturated heterocycles. The summed E-state index contributed by atoms with van der Waals surface area (Å²) < 4.78 is 0. The van der Waals surface area contributed by atoms with Crippen LogP contribution in [0.5, 0.6) is 0 Å². The van der Waals surface area contributed by atoms with Crippen molar-refractivity contribution in [3.63, 3.8) is 0 Å². The van der Waals surface area contributed by atoms with Crippen LogP contribution in [0.25, 0.3) is 0 Å². The third-order valence-electron chi connectivity index (χ3n) is 2.68. The Morgan fingerprint density at radius 2 is 1.94 bits per heavy atom. The number of nitrogens with one attached hydrogen (secondary N) is 2. The molecule has 0 aromatic carbocycles. The summed E-state index contributed by atoms with van der Waals surface area (Å²) >= 11 is 0. The van der Waals surface area contributed by atoms with Gasteiger partial charge in [0.05, 0.1) is 6.54 Å². The van der Waals surface area contributed by atoms with Gasteiger partial charge in [-0.25, -0.2) is 0 Å². The second-order valence-electron chi connectivity index (χ2n) is 4.87. The summed E-state index contributed by atoms with van der Waals surface area (Å²) in [5.41, 5.74) is 0. The smallest absolute Gasteiger partial charge is 0.233 e. The van der Waals surface area contributed by atoms with E-state index in [0.29, 0.717) is 24.4 Å². The van der Waals surface area contributed by atoms with Crippen LogP contribution < -0.4 is 10.6 Å². The van der Waals surface area contributed by atoms with E-state index in [1.807, 2.05) is 6.08 Å². The highest BCUT2D eigenvalue weighted by Gasteiger charge is 2.11. The van der Waals surface area contributed by atoms with E-state index in [1.165, 1.54) is 0 Å². The predicted molar refractivity (Wildman–Crippen MR) is 69.3 cm³/mol. The Kier molecular flexibility index (Phi) is 7.90. The number of carbonyl (C=O) groups excluding carboxylic acids is 1. The minimum Gasteiger partial charge on any atom is -0.355 e. The van der Waals surface area contributed by atoms with E-state index in [9.17, 15) is 4.79 Å². The first-order chi connectivity index (χ1) is 7.47. The van der Waals surface area contributed by atoms with Gasteiger partial charge in [0, 0.05) is 12.6 Å². The molecular weight excluding hydrogens is 200 g/mol. The molecular formula is C13H26N2O. The molecule has 0 aliphatic carbocycles. The molecule has 3 heteroatoms. The predicted octanol–water partition coefficient (Wildman–Crippen LogP) is 1.95. The summed E-state index contributed by atoms with van der Waals surface area (Å²) in [7, 11) is 0. The number of amides is 1. The number of hydrogen-bond acceptors (Lipinski definition) is 2. The van der Waals surface area contributed by atoms with Crippen LogP contribution in [0, 0.1) is 11.8 Å². The van der Waals surface area contributed by atoms with E-state index in [4.69, 9.17) is 0 Å². The van der Waals surface area contributed by atoms with Gasteiger partial charge in [-0.3, -0.25) is 4.79 Å². The lowest BCUT2D eigenvalue weighted by Gasteiger charge is -2.20. The highest BCUT2D eigenvalue weighted by Crippen LogP contribution is 2.07. The van der Waals surface area contributed by atoms with E-state index >= 15 is 0 Å². The van der Waals surface area contributed by atoms with Gasteiger partial charge in [0.1, 0.15) is 0 Å². The second kappa shape index (κ2) is 8.34. The van der Waals surface area contributed by atoms with Crippen molar-refractivity contribution in [1.82, 2.24) is 10.6 Å². The van der Waals surface area contributed by atoms with Gasteiger partial charge in [-0.05, 0) is 25.2 Å². The van der Waals surface area contributed by atoms with Crippen LogP contribution in [0.4, 0.5) is 0 Å². The van der Waals surface area contributed by atoms with E-state index in [2.05, 4.69) is 44.9 Å². The molecule has 0 saturated carbocycles. The van der Waals surface area contributed by atoms with Crippen molar-refractivity contribution in [1.29, 1.82) is 0 Å². The lowest BCUT2D eigenvalue weighted by atomic mass is 10.00. The fraction of sp³-hybridized carbons (Fsp3) is 0.769. The third kappa shape index (κ3) is 7.46. The Labute approximate surface area is 99.7 Å². The quantitative estimate of drug-likeness (QED) is 0.621. The molecule has 2 unspecified atom stereocenters. The van der Waals surface area contributed by atoms with Gasteiger partial charge < -0.3 is 10.6 Å². The molecule has 0 aromatic heterocycles. The maximum Gasteiger partial charge on any atom is 0.233 e. The monoisotopic (exact) mass is 226 g/mol. The average Bonchev–Trinajstić information content (AvgIpc) is 2.23. The van der Waals surface area contributed by atoms with Gasteiger partial charge in [0.25, 0.3) is 0 Å². The Balaban J connectivity index is 3.69. The summed E-state index contributed by atoms with van der Waals surface area (Å²) in [5, 5.41) is 6.12. The largest absolute Gasteiger partial charge is 0.355 e. The minimum absolute atomic E-state index is 0.0753. The van der Waals surface area contributed by atoms with Crippen molar-refractivity contribution in [2.24, 2.45) is 11.8 Å². The van der Waals surface area contributed by atoms with Gasteiger partial charge in [-0.2, -0.15) is 0 Å². The highest BCUT2D eigenvalue weighted by atomic mass is 16.1. The number of hydrogen-bond donors (Lipinski definition) is 2. The third-order valence-corrected chi connectivity index (χ3v) is 2.68. The molecule has 0 fully saturated rings. The Bertz CT molecular complexity index is 214. The molecule has 1 amide bonds. The maximum absolute atomic E-state index is 11.4. The molecule has 0 bridgehead atoms. The van der Waals surface area contributed by atoms with Crippen LogP contribution in [0.1, 0.15) is 34.1 Å². The van der Waals surface area contributed by atoms with Crippen LogP contribution in [0.2, 0.25) is 0 Å². The molecule has 94 valence electrons. The van der Waals surface area contributed by atoms with Gasteiger partial charge in [0.15, 0.2) is 0 Å². The van der Waals surface area contributed by atoms with E-state index in [-0.39, 0.29) is 5.91 Å². The van der Waals surface area contributed by atoms with Crippen molar-refractivity contribution < 1.29 is 4.79 Å². The van der Waals surface area contributed by atoms with Gasteiger partial charge in [-0.1, -0.05) is 26.8 Å².